The molecule has 0 unspecified atom stereocenters. The number of hydrogen-bond donors (Lipinski definition) is 2. The molecule has 92 valence electrons. The Morgan fingerprint density at radius 3 is 1.53 bits per heavy atom. The van der Waals surface area contributed by atoms with Crippen LogP contribution < -0.4 is 0 Å². The van der Waals surface area contributed by atoms with E-state index in [2.05, 4.69) is 39.0 Å². The molecule has 0 atom stereocenters. The van der Waals surface area contributed by atoms with Crippen molar-refractivity contribution in [3.8, 4) is 0 Å². The van der Waals surface area contributed by atoms with Gasteiger partial charge in [-0.2, -0.15) is 0 Å². The van der Waals surface area contributed by atoms with Crippen molar-refractivity contribution < 1.29 is 19.8 Å². The van der Waals surface area contributed by atoms with E-state index in [9.17, 15) is 9.59 Å². The topological polar surface area (TPSA) is 74.6 Å². The molecule has 1 rings (SSSR count). The molecular weight excluding hydrogens is 220 g/mol. The fourth-order valence-electron chi connectivity index (χ4n) is 1.04. The molecule has 1 aromatic carbocycles. The highest BCUT2D eigenvalue weighted by Crippen LogP contribution is 2.09. The van der Waals surface area contributed by atoms with Gasteiger partial charge in [0.2, 0.25) is 0 Å². The maximum atomic E-state index is 9.55. The van der Waals surface area contributed by atoms with E-state index in [-0.39, 0.29) is 0 Å². The van der Waals surface area contributed by atoms with Crippen LogP contribution in [0, 0.1) is 20.8 Å². The third-order valence-corrected chi connectivity index (χ3v) is 2.24. The third kappa shape index (κ3) is 6.89. The van der Waals surface area contributed by atoms with Crippen LogP contribution in [-0.2, 0) is 9.59 Å². The van der Waals surface area contributed by atoms with Crippen LogP contribution in [0.5, 0.6) is 0 Å². The highest BCUT2D eigenvalue weighted by Gasteiger charge is 1.91. The molecule has 0 heterocycles. The molecule has 0 amide bonds. The van der Waals surface area contributed by atoms with Gasteiger partial charge in [0, 0.05) is 12.2 Å². The largest absolute Gasteiger partial charge is 0.478 e. The Hall–Kier alpha value is -2.10. The van der Waals surface area contributed by atoms with Crippen molar-refractivity contribution in [2.45, 2.75) is 20.8 Å². The number of hydrogen-bond acceptors (Lipinski definition) is 2. The van der Waals surface area contributed by atoms with E-state index in [0.29, 0.717) is 12.2 Å². The molecule has 0 radical (unpaired) electrons. The molecule has 0 fully saturated rings. The van der Waals surface area contributed by atoms with Crippen LogP contribution in [0.15, 0.2) is 30.4 Å². The molecule has 0 aromatic heterocycles. The fraction of sp³-hybridized carbons (Fsp3) is 0.231. The van der Waals surface area contributed by atoms with Gasteiger partial charge < -0.3 is 10.2 Å². The zero-order chi connectivity index (χ0) is 13.4. The molecule has 0 saturated carbocycles. The van der Waals surface area contributed by atoms with Crippen molar-refractivity contribution >= 4 is 11.9 Å². The summed E-state index contributed by atoms with van der Waals surface area (Å²) >= 11 is 0. The highest BCUT2D eigenvalue weighted by molar-refractivity contribution is 5.89. The second-order valence-electron chi connectivity index (χ2n) is 3.53. The van der Waals surface area contributed by atoms with Crippen LogP contribution in [0.4, 0.5) is 0 Å². The van der Waals surface area contributed by atoms with Crippen LogP contribution in [0.2, 0.25) is 0 Å². The molecule has 0 aliphatic carbocycles. The lowest BCUT2D eigenvalue weighted by atomic mass is 10.1. The van der Waals surface area contributed by atoms with E-state index in [1.165, 1.54) is 16.7 Å². The van der Waals surface area contributed by atoms with Gasteiger partial charge >= 0.3 is 11.9 Å². The Bertz CT molecular complexity index is 397. The molecule has 17 heavy (non-hydrogen) atoms. The minimum absolute atomic E-state index is 0.558. The lowest BCUT2D eigenvalue weighted by Crippen LogP contribution is -1.91. The molecule has 2 N–H and O–H groups in total. The summed E-state index contributed by atoms with van der Waals surface area (Å²) in [4.78, 5) is 19.1. The van der Waals surface area contributed by atoms with Crippen LogP contribution >= 0.6 is 0 Å². The lowest BCUT2D eigenvalue weighted by Gasteiger charge is -2.00. The number of carboxylic acid groups (broad SMARTS) is 2. The molecule has 4 heteroatoms. The second-order valence-corrected chi connectivity index (χ2v) is 3.53. The van der Waals surface area contributed by atoms with Crippen molar-refractivity contribution in [3.05, 3.63) is 47.0 Å². The smallest absolute Gasteiger partial charge is 0.328 e. The molecule has 1 aromatic rings. The van der Waals surface area contributed by atoms with Gasteiger partial charge in [0.15, 0.2) is 0 Å². The van der Waals surface area contributed by atoms with Gasteiger partial charge in [-0.1, -0.05) is 18.2 Å². The molecular formula is C13H16O4. The summed E-state index contributed by atoms with van der Waals surface area (Å²) in [6, 6.07) is 6.38. The second kappa shape index (κ2) is 7.22. The van der Waals surface area contributed by atoms with Gasteiger partial charge in [-0.25, -0.2) is 9.59 Å². The van der Waals surface area contributed by atoms with E-state index >= 15 is 0 Å². The van der Waals surface area contributed by atoms with Gasteiger partial charge in [-0.3, -0.25) is 0 Å². The first kappa shape index (κ1) is 14.9. The maximum absolute atomic E-state index is 9.55. The van der Waals surface area contributed by atoms with Crippen molar-refractivity contribution in [2.24, 2.45) is 0 Å². The summed E-state index contributed by atoms with van der Waals surface area (Å²) in [6.07, 6.45) is 1.12. The summed E-state index contributed by atoms with van der Waals surface area (Å²) in [7, 11) is 0. The number of benzene rings is 1. The Balaban J connectivity index is 0.000000304. The number of carbonyl (C=O) groups is 2. The van der Waals surface area contributed by atoms with Crippen LogP contribution in [0.3, 0.4) is 0 Å². The summed E-state index contributed by atoms with van der Waals surface area (Å²) in [6.45, 7) is 6.44. The van der Waals surface area contributed by atoms with Crippen molar-refractivity contribution in [1.82, 2.24) is 0 Å². The molecule has 0 aliphatic rings. The van der Waals surface area contributed by atoms with E-state index in [0.717, 1.165) is 0 Å². The van der Waals surface area contributed by atoms with Crippen molar-refractivity contribution in [3.63, 3.8) is 0 Å². The van der Waals surface area contributed by atoms with Crippen LogP contribution in [-0.4, -0.2) is 22.2 Å². The molecule has 0 aliphatic heterocycles. The first-order valence-corrected chi connectivity index (χ1v) is 5.01. The predicted molar refractivity (Wildman–Crippen MR) is 65.1 cm³/mol. The van der Waals surface area contributed by atoms with Gasteiger partial charge in [0.05, 0.1) is 0 Å². The van der Waals surface area contributed by atoms with Gasteiger partial charge in [-0.05, 0) is 37.5 Å². The van der Waals surface area contributed by atoms with Crippen LogP contribution in [0.1, 0.15) is 16.7 Å². The first-order valence-electron chi connectivity index (χ1n) is 5.01. The minimum atomic E-state index is -1.26. The van der Waals surface area contributed by atoms with E-state index < -0.39 is 11.9 Å². The Kier molecular flexibility index (Phi) is 6.33. The SMILES string of the molecule is Cc1cccc(C)c1C.O=C(O)/C=C\C(=O)O. The van der Waals surface area contributed by atoms with Crippen molar-refractivity contribution in [1.29, 1.82) is 0 Å². The van der Waals surface area contributed by atoms with Gasteiger partial charge in [-0.15, -0.1) is 0 Å². The molecule has 0 spiro atoms. The van der Waals surface area contributed by atoms with Gasteiger partial charge in [0.25, 0.3) is 0 Å². The standard InChI is InChI=1S/C9H12.C4H4O4/c1-7-5-4-6-8(2)9(7)3;5-3(6)1-2-4(7)8/h4-6H,1-3H3;1-2H,(H,5,6)(H,7,8)/b;2-1-. The Morgan fingerprint density at radius 1 is 0.941 bits per heavy atom. The zero-order valence-corrected chi connectivity index (χ0v) is 10.1. The predicted octanol–water partition coefficient (Wildman–Crippen LogP) is 2.32. The number of aryl methyl sites for hydroxylation is 2. The van der Waals surface area contributed by atoms with Crippen LogP contribution in [0.25, 0.3) is 0 Å². The minimum Gasteiger partial charge on any atom is -0.478 e. The number of aliphatic carboxylic acids is 2. The van der Waals surface area contributed by atoms with Gasteiger partial charge in [0.1, 0.15) is 0 Å². The molecule has 0 saturated heterocycles. The fourth-order valence-corrected chi connectivity index (χ4v) is 1.04. The van der Waals surface area contributed by atoms with E-state index in [1.807, 2.05) is 0 Å². The molecule has 4 nitrogen and oxygen atoms in total. The van der Waals surface area contributed by atoms with E-state index in [1.54, 1.807) is 0 Å². The highest BCUT2D eigenvalue weighted by atomic mass is 16.4. The summed E-state index contributed by atoms with van der Waals surface area (Å²) in [5, 5.41) is 15.6. The first-order chi connectivity index (χ1) is 7.84. The summed E-state index contributed by atoms with van der Waals surface area (Å²) < 4.78 is 0. The zero-order valence-electron chi connectivity index (χ0n) is 10.1. The summed E-state index contributed by atoms with van der Waals surface area (Å²) in [5.41, 5.74) is 4.18. The van der Waals surface area contributed by atoms with E-state index in [4.69, 9.17) is 10.2 Å². The average molecular weight is 236 g/mol. The number of carboxylic acids is 2. The summed E-state index contributed by atoms with van der Waals surface area (Å²) in [5.74, 6) is -2.51. The number of rotatable bonds is 2. The monoisotopic (exact) mass is 236 g/mol. The molecule has 0 bridgehead atoms. The average Bonchev–Trinajstić information content (AvgIpc) is 2.24. The Labute approximate surface area is 100 Å². The lowest BCUT2D eigenvalue weighted by molar-refractivity contribution is -0.134. The third-order valence-electron chi connectivity index (χ3n) is 2.24. The normalized spacial score (nSPS) is 9.59. The quantitative estimate of drug-likeness (QED) is 0.773. The van der Waals surface area contributed by atoms with Crippen molar-refractivity contribution in [2.75, 3.05) is 0 Å². The Morgan fingerprint density at radius 2 is 1.29 bits per heavy atom. The maximum Gasteiger partial charge on any atom is 0.328 e.